The zero-order valence-electron chi connectivity index (χ0n) is 11.3. The second-order valence-corrected chi connectivity index (χ2v) is 4.46. The lowest BCUT2D eigenvalue weighted by Gasteiger charge is -2.10. The summed E-state index contributed by atoms with van der Waals surface area (Å²) in [5.74, 6) is -1.03. The van der Waals surface area contributed by atoms with Crippen LogP contribution < -0.4 is 5.73 Å². The largest absolute Gasteiger partial charge is 0.478 e. The molecule has 0 aliphatic rings. The minimum Gasteiger partial charge on any atom is -0.478 e. The van der Waals surface area contributed by atoms with Gasteiger partial charge in [-0.25, -0.2) is 9.48 Å². The summed E-state index contributed by atoms with van der Waals surface area (Å²) in [5.41, 5.74) is 10.0. The molecular formula is C14H17N3O2. The lowest BCUT2D eigenvalue weighted by atomic mass is 10.1. The predicted octanol–water partition coefficient (Wildman–Crippen LogP) is 2.33. The molecule has 1 aromatic heterocycles. The highest BCUT2D eigenvalue weighted by atomic mass is 16.4. The Balaban J connectivity index is 2.66. The number of aromatic nitrogens is 2. The maximum Gasteiger partial charge on any atom is 0.337 e. The first kappa shape index (κ1) is 13.1. The topological polar surface area (TPSA) is 81.1 Å². The molecule has 2 aromatic rings. The van der Waals surface area contributed by atoms with Gasteiger partial charge < -0.3 is 10.8 Å². The standard InChI is InChI=1S/C14H17N3O2/c1-4-10-8(2)16-17(9(10)3)12-7-5-6-11(13(12)15)14(18)19/h5-7H,4,15H2,1-3H3,(H,18,19). The maximum atomic E-state index is 11.1. The SMILES string of the molecule is CCc1c(C)nn(-c2cccc(C(=O)O)c2N)c1C. The average Bonchev–Trinajstić information content (AvgIpc) is 2.64. The molecule has 1 heterocycles. The number of carbonyl (C=O) groups is 1. The van der Waals surface area contributed by atoms with Crippen molar-refractivity contribution >= 4 is 11.7 Å². The highest BCUT2D eigenvalue weighted by Gasteiger charge is 2.16. The highest BCUT2D eigenvalue weighted by Crippen LogP contribution is 2.25. The Labute approximate surface area is 111 Å². The van der Waals surface area contributed by atoms with Crippen molar-refractivity contribution in [1.29, 1.82) is 0 Å². The fourth-order valence-corrected chi connectivity index (χ4v) is 2.35. The van der Waals surface area contributed by atoms with E-state index in [2.05, 4.69) is 12.0 Å². The molecule has 0 aliphatic heterocycles. The Morgan fingerprint density at radius 1 is 1.42 bits per heavy atom. The van der Waals surface area contributed by atoms with E-state index in [1.54, 1.807) is 16.8 Å². The minimum absolute atomic E-state index is 0.100. The van der Waals surface area contributed by atoms with Crippen LogP contribution in [0.3, 0.4) is 0 Å². The van der Waals surface area contributed by atoms with Crippen LogP contribution in [0.25, 0.3) is 5.69 Å². The van der Waals surface area contributed by atoms with E-state index in [1.807, 2.05) is 13.8 Å². The number of aromatic carboxylic acids is 1. The molecule has 0 bridgehead atoms. The van der Waals surface area contributed by atoms with Gasteiger partial charge in [-0.3, -0.25) is 0 Å². The third-order valence-corrected chi connectivity index (χ3v) is 3.34. The summed E-state index contributed by atoms with van der Waals surface area (Å²) in [5, 5.41) is 13.6. The second kappa shape index (κ2) is 4.76. The van der Waals surface area contributed by atoms with Crippen LogP contribution >= 0.6 is 0 Å². The highest BCUT2D eigenvalue weighted by molar-refractivity contribution is 5.95. The summed E-state index contributed by atoms with van der Waals surface area (Å²) < 4.78 is 1.72. The number of hydrogen-bond acceptors (Lipinski definition) is 3. The van der Waals surface area contributed by atoms with E-state index in [9.17, 15) is 4.79 Å². The lowest BCUT2D eigenvalue weighted by molar-refractivity contribution is 0.0698. The van der Waals surface area contributed by atoms with Crippen LogP contribution in [0, 0.1) is 13.8 Å². The molecule has 5 heteroatoms. The van der Waals surface area contributed by atoms with Crippen LogP contribution in [0.5, 0.6) is 0 Å². The van der Waals surface area contributed by atoms with E-state index in [4.69, 9.17) is 10.8 Å². The summed E-state index contributed by atoms with van der Waals surface area (Å²) in [6, 6.07) is 4.95. The summed E-state index contributed by atoms with van der Waals surface area (Å²) >= 11 is 0. The van der Waals surface area contributed by atoms with Gasteiger partial charge >= 0.3 is 5.97 Å². The molecule has 0 atom stereocenters. The van der Waals surface area contributed by atoms with E-state index in [0.717, 1.165) is 17.8 Å². The van der Waals surface area contributed by atoms with Gasteiger partial charge in [-0.05, 0) is 38.0 Å². The number of nitrogens with two attached hydrogens (primary N) is 1. The molecule has 0 amide bonds. The molecule has 5 nitrogen and oxygen atoms in total. The Morgan fingerprint density at radius 3 is 2.63 bits per heavy atom. The lowest BCUT2D eigenvalue weighted by Crippen LogP contribution is -2.09. The van der Waals surface area contributed by atoms with Gasteiger partial charge in [-0.15, -0.1) is 0 Å². The molecule has 19 heavy (non-hydrogen) atoms. The van der Waals surface area contributed by atoms with Crippen LogP contribution in [0.15, 0.2) is 18.2 Å². The van der Waals surface area contributed by atoms with Gasteiger partial charge in [0.15, 0.2) is 0 Å². The van der Waals surface area contributed by atoms with Crippen LogP contribution in [0.2, 0.25) is 0 Å². The molecule has 0 unspecified atom stereocenters. The van der Waals surface area contributed by atoms with Crippen LogP contribution in [-0.4, -0.2) is 20.9 Å². The Hall–Kier alpha value is -2.30. The number of nitrogens with zero attached hydrogens (tertiary/aromatic N) is 2. The zero-order chi connectivity index (χ0) is 14.2. The molecule has 0 saturated carbocycles. The Kier molecular flexibility index (Phi) is 3.29. The van der Waals surface area contributed by atoms with Crippen molar-refractivity contribution in [3.63, 3.8) is 0 Å². The number of benzene rings is 1. The smallest absolute Gasteiger partial charge is 0.337 e. The first-order valence-corrected chi connectivity index (χ1v) is 6.14. The van der Waals surface area contributed by atoms with Crippen molar-refractivity contribution in [2.45, 2.75) is 27.2 Å². The monoisotopic (exact) mass is 259 g/mol. The third kappa shape index (κ3) is 2.07. The summed E-state index contributed by atoms with van der Waals surface area (Å²) in [6.07, 6.45) is 0.885. The molecule has 0 aliphatic carbocycles. The van der Waals surface area contributed by atoms with Gasteiger partial charge in [-0.1, -0.05) is 13.0 Å². The van der Waals surface area contributed by atoms with Crippen molar-refractivity contribution in [3.8, 4) is 5.69 Å². The fourth-order valence-electron chi connectivity index (χ4n) is 2.35. The predicted molar refractivity (Wildman–Crippen MR) is 73.8 cm³/mol. The van der Waals surface area contributed by atoms with Crippen molar-refractivity contribution in [2.24, 2.45) is 0 Å². The Bertz CT molecular complexity index is 644. The van der Waals surface area contributed by atoms with Crippen LogP contribution in [-0.2, 0) is 6.42 Å². The first-order chi connectivity index (χ1) is 8.97. The summed E-state index contributed by atoms with van der Waals surface area (Å²) in [4.78, 5) is 11.1. The number of carboxylic acids is 1. The van der Waals surface area contributed by atoms with Crippen LogP contribution in [0.4, 0.5) is 5.69 Å². The number of aryl methyl sites for hydroxylation is 1. The second-order valence-electron chi connectivity index (χ2n) is 4.46. The number of carboxylic acid groups (broad SMARTS) is 1. The summed E-state index contributed by atoms with van der Waals surface area (Å²) in [7, 11) is 0. The third-order valence-electron chi connectivity index (χ3n) is 3.34. The normalized spacial score (nSPS) is 10.7. The molecule has 2 rings (SSSR count). The molecule has 0 fully saturated rings. The number of hydrogen-bond donors (Lipinski definition) is 2. The molecular weight excluding hydrogens is 242 g/mol. The first-order valence-electron chi connectivity index (χ1n) is 6.14. The van der Waals surface area contributed by atoms with E-state index in [0.29, 0.717) is 5.69 Å². The Morgan fingerprint density at radius 2 is 2.11 bits per heavy atom. The summed E-state index contributed by atoms with van der Waals surface area (Å²) in [6.45, 7) is 5.98. The number of para-hydroxylation sites is 1. The van der Waals surface area contributed by atoms with Crippen molar-refractivity contribution in [1.82, 2.24) is 9.78 Å². The van der Waals surface area contributed by atoms with Crippen molar-refractivity contribution in [2.75, 3.05) is 5.73 Å². The maximum absolute atomic E-state index is 11.1. The molecule has 0 saturated heterocycles. The average molecular weight is 259 g/mol. The van der Waals surface area contributed by atoms with Gasteiger partial charge in [0, 0.05) is 5.69 Å². The van der Waals surface area contributed by atoms with E-state index >= 15 is 0 Å². The van der Waals surface area contributed by atoms with Gasteiger partial charge in [-0.2, -0.15) is 5.10 Å². The van der Waals surface area contributed by atoms with Crippen molar-refractivity contribution in [3.05, 3.63) is 40.7 Å². The molecule has 1 aromatic carbocycles. The van der Waals surface area contributed by atoms with Gasteiger partial charge in [0.05, 0.1) is 22.6 Å². The van der Waals surface area contributed by atoms with Gasteiger partial charge in [0.2, 0.25) is 0 Å². The number of rotatable bonds is 3. The quantitative estimate of drug-likeness (QED) is 0.829. The number of nitrogen functional groups attached to an aromatic ring is 1. The van der Waals surface area contributed by atoms with E-state index < -0.39 is 5.97 Å². The minimum atomic E-state index is -1.03. The van der Waals surface area contributed by atoms with Gasteiger partial charge in [0.25, 0.3) is 0 Å². The van der Waals surface area contributed by atoms with Crippen molar-refractivity contribution < 1.29 is 9.90 Å². The van der Waals surface area contributed by atoms with E-state index in [1.165, 1.54) is 11.6 Å². The molecule has 0 spiro atoms. The molecule has 0 radical (unpaired) electrons. The van der Waals surface area contributed by atoms with Crippen LogP contribution in [0.1, 0.15) is 34.2 Å². The van der Waals surface area contributed by atoms with Gasteiger partial charge in [0.1, 0.15) is 0 Å². The molecule has 100 valence electrons. The fraction of sp³-hybridized carbons (Fsp3) is 0.286. The zero-order valence-corrected chi connectivity index (χ0v) is 11.3. The molecule has 3 N–H and O–H groups in total. The van der Waals surface area contributed by atoms with E-state index in [-0.39, 0.29) is 11.3 Å². The number of anilines is 1.